The number of carbonyl (C=O) groups is 1. The van der Waals surface area contributed by atoms with Crippen molar-refractivity contribution in [1.82, 2.24) is 5.32 Å². The van der Waals surface area contributed by atoms with Gasteiger partial charge in [0.1, 0.15) is 6.61 Å². The second-order valence-corrected chi connectivity index (χ2v) is 3.28. The van der Waals surface area contributed by atoms with E-state index in [0.29, 0.717) is 5.56 Å². The molecule has 1 amide bonds. The number of alkyl carbamates (subject to hydrolysis) is 1. The molecule has 1 heterocycles. The summed E-state index contributed by atoms with van der Waals surface area (Å²) in [6.07, 6.45) is -0.586. The molecule has 1 atom stereocenters. The van der Waals surface area contributed by atoms with Gasteiger partial charge in [0.2, 0.25) is 5.82 Å². The fraction of sp³-hybridized carbons (Fsp3) is 0.300. The number of carbonyl (C=O) groups excluding carboxylic acids is 1. The lowest BCUT2D eigenvalue weighted by Crippen LogP contribution is -2.19. The van der Waals surface area contributed by atoms with Crippen LogP contribution in [0.25, 0.3) is 0 Å². The van der Waals surface area contributed by atoms with E-state index in [4.69, 9.17) is 4.74 Å². The molecule has 0 radical (unpaired) electrons. The Hall–Kier alpha value is -1.85. The van der Waals surface area contributed by atoms with Crippen LogP contribution in [0.1, 0.15) is 11.6 Å². The van der Waals surface area contributed by atoms with E-state index in [1.165, 1.54) is 13.2 Å². The predicted molar refractivity (Wildman–Crippen MR) is 50.1 cm³/mol. The highest BCUT2D eigenvalue weighted by Crippen LogP contribution is 2.31. The van der Waals surface area contributed by atoms with E-state index in [0.717, 1.165) is 6.07 Å². The van der Waals surface area contributed by atoms with Crippen molar-refractivity contribution in [2.75, 3.05) is 13.7 Å². The lowest BCUT2D eigenvalue weighted by atomic mass is 10.1. The molecule has 6 heteroatoms. The van der Waals surface area contributed by atoms with Gasteiger partial charge < -0.3 is 14.8 Å². The topological polar surface area (TPSA) is 47.6 Å². The molecule has 1 fully saturated rings. The van der Waals surface area contributed by atoms with E-state index in [9.17, 15) is 13.6 Å². The number of methoxy groups -OCH3 is 1. The summed E-state index contributed by atoms with van der Waals surface area (Å²) in [4.78, 5) is 10.8. The van der Waals surface area contributed by atoms with Crippen molar-refractivity contribution >= 4 is 6.09 Å². The largest absolute Gasteiger partial charge is 0.493 e. The number of nitrogens with one attached hydrogen (secondary N) is 1. The molecule has 0 aliphatic carbocycles. The number of rotatable bonds is 2. The predicted octanol–water partition coefficient (Wildman–Crippen LogP) is 1.75. The van der Waals surface area contributed by atoms with Gasteiger partial charge in [-0.05, 0) is 12.1 Å². The van der Waals surface area contributed by atoms with E-state index >= 15 is 0 Å². The smallest absolute Gasteiger partial charge is 0.407 e. The molecular weight excluding hydrogens is 220 g/mol. The van der Waals surface area contributed by atoms with Gasteiger partial charge in [-0.15, -0.1) is 0 Å². The first-order chi connectivity index (χ1) is 7.63. The Morgan fingerprint density at radius 2 is 2.25 bits per heavy atom. The Morgan fingerprint density at radius 3 is 2.81 bits per heavy atom. The highest BCUT2D eigenvalue weighted by Gasteiger charge is 2.28. The fourth-order valence-corrected chi connectivity index (χ4v) is 1.58. The summed E-state index contributed by atoms with van der Waals surface area (Å²) < 4.78 is 35.7. The van der Waals surface area contributed by atoms with Crippen molar-refractivity contribution < 1.29 is 23.0 Å². The SMILES string of the molecule is COc1c(C2COC(=O)N2)ccc(F)c1F. The van der Waals surface area contributed by atoms with Crippen LogP contribution in [0.2, 0.25) is 0 Å². The van der Waals surface area contributed by atoms with Crippen molar-refractivity contribution in [1.29, 1.82) is 0 Å². The van der Waals surface area contributed by atoms with Crippen LogP contribution >= 0.6 is 0 Å². The number of amides is 1. The zero-order valence-corrected chi connectivity index (χ0v) is 8.42. The summed E-state index contributed by atoms with van der Waals surface area (Å²) in [7, 11) is 1.24. The molecule has 4 nitrogen and oxygen atoms in total. The van der Waals surface area contributed by atoms with Gasteiger partial charge in [0, 0.05) is 5.56 Å². The Labute approximate surface area is 90.2 Å². The molecule has 1 aromatic carbocycles. The van der Waals surface area contributed by atoms with Crippen LogP contribution in [-0.2, 0) is 4.74 Å². The van der Waals surface area contributed by atoms with Crippen LogP contribution in [0.4, 0.5) is 13.6 Å². The van der Waals surface area contributed by atoms with Crippen LogP contribution < -0.4 is 10.1 Å². The molecule has 1 aromatic rings. The van der Waals surface area contributed by atoms with Crippen LogP contribution in [0.15, 0.2) is 12.1 Å². The van der Waals surface area contributed by atoms with Gasteiger partial charge >= 0.3 is 6.09 Å². The summed E-state index contributed by atoms with van der Waals surface area (Å²) in [5.74, 6) is -2.28. The van der Waals surface area contributed by atoms with Gasteiger partial charge in [0.05, 0.1) is 13.2 Å². The molecule has 1 unspecified atom stereocenters. The molecule has 0 spiro atoms. The van der Waals surface area contributed by atoms with Gasteiger partial charge in [-0.3, -0.25) is 0 Å². The molecular formula is C10H9F2NO3. The van der Waals surface area contributed by atoms with Crippen LogP contribution in [0.5, 0.6) is 5.75 Å². The maximum absolute atomic E-state index is 13.4. The van der Waals surface area contributed by atoms with E-state index < -0.39 is 23.8 Å². The number of hydrogen-bond acceptors (Lipinski definition) is 3. The van der Waals surface area contributed by atoms with Crippen molar-refractivity contribution in [3.63, 3.8) is 0 Å². The third-order valence-electron chi connectivity index (χ3n) is 2.33. The molecule has 1 saturated heterocycles. The lowest BCUT2D eigenvalue weighted by molar-refractivity contribution is 0.176. The molecule has 16 heavy (non-hydrogen) atoms. The van der Waals surface area contributed by atoms with Crippen LogP contribution in [0.3, 0.4) is 0 Å². The van der Waals surface area contributed by atoms with Crippen LogP contribution in [-0.4, -0.2) is 19.8 Å². The quantitative estimate of drug-likeness (QED) is 0.840. The molecule has 0 bridgehead atoms. The summed E-state index contributed by atoms with van der Waals surface area (Å²) in [5.41, 5.74) is 0.354. The minimum absolute atomic E-state index is 0.0697. The summed E-state index contributed by atoms with van der Waals surface area (Å²) in [6, 6.07) is 1.83. The number of ether oxygens (including phenoxy) is 2. The first-order valence-electron chi connectivity index (χ1n) is 4.58. The molecule has 1 N–H and O–H groups in total. The highest BCUT2D eigenvalue weighted by molar-refractivity contribution is 5.70. The first kappa shape index (κ1) is 10.7. The third kappa shape index (κ3) is 1.66. The van der Waals surface area contributed by atoms with E-state index in [2.05, 4.69) is 10.1 Å². The standard InChI is InChI=1S/C10H9F2NO3/c1-15-9-5(2-3-6(11)8(9)12)7-4-16-10(14)13-7/h2-3,7H,4H2,1H3,(H,13,14). The normalized spacial score (nSPS) is 19.2. The zero-order valence-electron chi connectivity index (χ0n) is 8.42. The van der Waals surface area contributed by atoms with Crippen molar-refractivity contribution in [2.45, 2.75) is 6.04 Å². The third-order valence-corrected chi connectivity index (χ3v) is 2.33. The Bertz CT molecular complexity index is 436. The molecule has 86 valence electrons. The number of benzene rings is 1. The number of cyclic esters (lactones) is 1. The minimum atomic E-state index is -1.07. The highest BCUT2D eigenvalue weighted by atomic mass is 19.2. The Balaban J connectivity index is 2.40. The molecule has 1 aliphatic rings. The van der Waals surface area contributed by atoms with E-state index in [1.807, 2.05) is 0 Å². The monoisotopic (exact) mass is 229 g/mol. The molecule has 2 rings (SSSR count). The second kappa shape index (κ2) is 3.96. The van der Waals surface area contributed by atoms with Gasteiger partial charge in [-0.25, -0.2) is 9.18 Å². The zero-order chi connectivity index (χ0) is 11.7. The van der Waals surface area contributed by atoms with Gasteiger partial charge in [0.15, 0.2) is 11.6 Å². The summed E-state index contributed by atoms with van der Waals surface area (Å²) in [6.45, 7) is 0.0697. The molecule has 0 saturated carbocycles. The van der Waals surface area contributed by atoms with Gasteiger partial charge in [-0.2, -0.15) is 4.39 Å². The first-order valence-corrected chi connectivity index (χ1v) is 4.58. The van der Waals surface area contributed by atoms with Crippen molar-refractivity contribution in [3.05, 3.63) is 29.3 Å². The molecule has 0 aromatic heterocycles. The maximum atomic E-state index is 13.4. The van der Waals surface area contributed by atoms with Gasteiger partial charge in [0.25, 0.3) is 0 Å². The van der Waals surface area contributed by atoms with Crippen molar-refractivity contribution in [2.24, 2.45) is 0 Å². The number of halogens is 2. The number of hydrogen-bond donors (Lipinski definition) is 1. The average molecular weight is 229 g/mol. The summed E-state index contributed by atoms with van der Waals surface area (Å²) >= 11 is 0. The molecule has 1 aliphatic heterocycles. The van der Waals surface area contributed by atoms with E-state index in [-0.39, 0.29) is 12.4 Å². The Morgan fingerprint density at radius 1 is 1.50 bits per heavy atom. The minimum Gasteiger partial charge on any atom is -0.493 e. The lowest BCUT2D eigenvalue weighted by Gasteiger charge is -2.13. The van der Waals surface area contributed by atoms with Crippen molar-refractivity contribution in [3.8, 4) is 5.75 Å². The fourth-order valence-electron chi connectivity index (χ4n) is 1.58. The maximum Gasteiger partial charge on any atom is 0.407 e. The summed E-state index contributed by atoms with van der Waals surface area (Å²) in [5, 5.41) is 2.46. The van der Waals surface area contributed by atoms with Crippen LogP contribution in [0, 0.1) is 11.6 Å². The van der Waals surface area contributed by atoms with E-state index in [1.54, 1.807) is 0 Å². The van der Waals surface area contributed by atoms with Gasteiger partial charge in [-0.1, -0.05) is 0 Å². The second-order valence-electron chi connectivity index (χ2n) is 3.28. The average Bonchev–Trinajstić information content (AvgIpc) is 2.68. The Kier molecular flexibility index (Phi) is 2.64.